The average Bonchev–Trinajstić information content (AvgIpc) is 2.75. The van der Waals surface area contributed by atoms with Crippen molar-refractivity contribution in [3.05, 3.63) is 0 Å². The zero-order valence-electron chi connectivity index (χ0n) is 13.9. The van der Waals surface area contributed by atoms with Crippen LogP contribution < -0.4 is 0 Å². The number of rotatable bonds is 5. The van der Waals surface area contributed by atoms with Gasteiger partial charge >= 0.3 is 6.18 Å². The molecule has 0 aromatic rings. The first-order valence-electron chi connectivity index (χ1n) is 7.94. The van der Waals surface area contributed by atoms with Crippen molar-refractivity contribution < 1.29 is 26.4 Å². The standard InChI is InChI=1S/C14H24F3N3O3S/c1-18(2)13(21)8-20-7-6-19(5-3-4-14(15,16)17)11-9-24(22,23)10-12(11)20/h11-12H,3-10H2,1-2H3/t11-,12+/m1/s1. The number of amides is 1. The van der Waals surface area contributed by atoms with E-state index in [0.717, 1.165) is 0 Å². The molecule has 2 saturated heterocycles. The molecule has 0 N–H and O–H groups in total. The quantitative estimate of drug-likeness (QED) is 0.691. The van der Waals surface area contributed by atoms with E-state index in [-0.39, 0.29) is 49.0 Å². The summed E-state index contributed by atoms with van der Waals surface area (Å²) < 4.78 is 61.0. The minimum absolute atomic E-state index is 0.0336. The summed E-state index contributed by atoms with van der Waals surface area (Å²) in [7, 11) is 0.0404. The summed E-state index contributed by atoms with van der Waals surface area (Å²) in [5.74, 6) is -0.187. The molecule has 2 rings (SSSR count). The van der Waals surface area contributed by atoms with Crippen LogP contribution >= 0.6 is 0 Å². The number of likely N-dealkylation sites (N-methyl/N-ethyl adjacent to an activating group) is 1. The maximum Gasteiger partial charge on any atom is 0.389 e. The Kier molecular flexibility index (Phi) is 5.81. The minimum Gasteiger partial charge on any atom is -0.348 e. The fraction of sp³-hybridized carbons (Fsp3) is 0.929. The van der Waals surface area contributed by atoms with Crippen LogP contribution in [0.4, 0.5) is 13.2 Å². The highest BCUT2D eigenvalue weighted by Gasteiger charge is 2.46. The summed E-state index contributed by atoms with van der Waals surface area (Å²) in [4.78, 5) is 17.1. The van der Waals surface area contributed by atoms with Gasteiger partial charge in [0.2, 0.25) is 5.91 Å². The number of nitrogens with zero attached hydrogens (tertiary/aromatic N) is 3. The van der Waals surface area contributed by atoms with Crippen molar-refractivity contribution in [3.8, 4) is 0 Å². The molecule has 24 heavy (non-hydrogen) atoms. The molecule has 2 fully saturated rings. The molecule has 2 heterocycles. The Labute approximate surface area is 140 Å². The fourth-order valence-electron chi connectivity index (χ4n) is 3.37. The van der Waals surface area contributed by atoms with Crippen LogP contribution in [0.25, 0.3) is 0 Å². The topological polar surface area (TPSA) is 60.9 Å². The third-order valence-corrected chi connectivity index (χ3v) is 6.35. The van der Waals surface area contributed by atoms with Crippen LogP contribution in [-0.2, 0) is 14.6 Å². The molecule has 10 heteroatoms. The second-order valence-electron chi connectivity index (χ2n) is 6.72. The molecule has 0 aromatic heterocycles. The smallest absolute Gasteiger partial charge is 0.348 e. The van der Waals surface area contributed by atoms with E-state index in [4.69, 9.17) is 0 Å². The molecule has 0 saturated carbocycles. The zero-order chi connectivity index (χ0) is 18.1. The normalized spacial score (nSPS) is 27.9. The Morgan fingerprint density at radius 2 is 1.67 bits per heavy atom. The van der Waals surface area contributed by atoms with E-state index in [1.54, 1.807) is 14.1 Å². The Balaban J connectivity index is 2.02. The van der Waals surface area contributed by atoms with Crippen LogP contribution in [-0.4, -0.2) is 99.1 Å². The van der Waals surface area contributed by atoms with Crippen molar-refractivity contribution in [2.75, 3.05) is 51.8 Å². The van der Waals surface area contributed by atoms with Gasteiger partial charge in [-0.2, -0.15) is 13.2 Å². The number of piperazine rings is 1. The average molecular weight is 371 g/mol. The van der Waals surface area contributed by atoms with Gasteiger partial charge in [0.1, 0.15) is 0 Å². The molecule has 2 aliphatic heterocycles. The lowest BCUT2D eigenvalue weighted by Crippen LogP contribution is -2.60. The van der Waals surface area contributed by atoms with Crippen LogP contribution in [0.1, 0.15) is 12.8 Å². The molecule has 0 spiro atoms. The van der Waals surface area contributed by atoms with E-state index >= 15 is 0 Å². The van der Waals surface area contributed by atoms with Crippen LogP contribution in [0.3, 0.4) is 0 Å². The molecule has 0 aliphatic carbocycles. The van der Waals surface area contributed by atoms with Crippen molar-refractivity contribution in [1.29, 1.82) is 0 Å². The number of fused-ring (bicyclic) bond motifs is 1. The molecule has 0 radical (unpaired) electrons. The van der Waals surface area contributed by atoms with Crippen LogP contribution in [0.2, 0.25) is 0 Å². The highest BCUT2D eigenvalue weighted by Crippen LogP contribution is 2.28. The Bertz CT molecular complexity index is 565. The molecule has 0 aromatic carbocycles. The zero-order valence-corrected chi connectivity index (χ0v) is 14.7. The van der Waals surface area contributed by atoms with Crippen molar-refractivity contribution in [2.24, 2.45) is 0 Å². The SMILES string of the molecule is CN(C)C(=O)CN1CCN(CCCC(F)(F)F)[C@@H]2CS(=O)(=O)C[C@@H]21. The minimum atomic E-state index is -4.19. The van der Waals surface area contributed by atoms with Crippen LogP contribution in [0.15, 0.2) is 0 Å². The largest absolute Gasteiger partial charge is 0.389 e. The molecule has 140 valence electrons. The monoisotopic (exact) mass is 371 g/mol. The third-order valence-electron chi connectivity index (χ3n) is 4.65. The van der Waals surface area contributed by atoms with Crippen molar-refractivity contribution >= 4 is 15.7 Å². The number of halogens is 3. The predicted molar refractivity (Wildman–Crippen MR) is 83.4 cm³/mol. The lowest BCUT2D eigenvalue weighted by molar-refractivity contribution is -0.137. The summed E-state index contributed by atoms with van der Waals surface area (Å²) in [6.07, 6.45) is -5.10. The summed E-state index contributed by atoms with van der Waals surface area (Å²) in [5, 5.41) is 0. The third kappa shape index (κ3) is 5.06. The molecule has 2 atom stereocenters. The van der Waals surface area contributed by atoms with Crippen LogP contribution in [0.5, 0.6) is 0 Å². The second-order valence-corrected chi connectivity index (χ2v) is 8.88. The van der Waals surface area contributed by atoms with Gasteiger partial charge in [0.05, 0.1) is 18.1 Å². The van der Waals surface area contributed by atoms with Crippen molar-refractivity contribution in [3.63, 3.8) is 0 Å². The Hall–Kier alpha value is -0.870. The fourth-order valence-corrected chi connectivity index (χ4v) is 5.41. The maximum absolute atomic E-state index is 12.3. The summed E-state index contributed by atoms with van der Waals surface area (Å²) in [5.41, 5.74) is 0. The maximum atomic E-state index is 12.3. The van der Waals surface area contributed by atoms with Gasteiger partial charge in [-0.15, -0.1) is 0 Å². The van der Waals surface area contributed by atoms with Gasteiger partial charge < -0.3 is 4.90 Å². The molecule has 6 nitrogen and oxygen atoms in total. The number of hydrogen-bond donors (Lipinski definition) is 0. The van der Waals surface area contributed by atoms with Gasteiger partial charge in [0.25, 0.3) is 0 Å². The molecule has 0 bridgehead atoms. The first-order chi connectivity index (χ1) is 11.0. The highest BCUT2D eigenvalue weighted by atomic mass is 32.2. The molecule has 2 aliphatic rings. The highest BCUT2D eigenvalue weighted by molar-refractivity contribution is 7.91. The molecular formula is C14H24F3N3O3S. The lowest BCUT2D eigenvalue weighted by atomic mass is 10.0. The van der Waals surface area contributed by atoms with Crippen LogP contribution in [0, 0.1) is 0 Å². The summed E-state index contributed by atoms with van der Waals surface area (Å²) in [6.45, 7) is 1.34. The number of carbonyl (C=O) groups excluding carboxylic acids is 1. The summed E-state index contributed by atoms with van der Waals surface area (Å²) in [6, 6.07) is -0.648. The van der Waals surface area contributed by atoms with E-state index < -0.39 is 22.4 Å². The van der Waals surface area contributed by atoms with Gasteiger partial charge in [-0.3, -0.25) is 14.6 Å². The van der Waals surface area contributed by atoms with E-state index in [0.29, 0.717) is 13.1 Å². The van der Waals surface area contributed by atoms with Crippen molar-refractivity contribution in [1.82, 2.24) is 14.7 Å². The Morgan fingerprint density at radius 3 is 2.21 bits per heavy atom. The predicted octanol–water partition coefficient (Wildman–Crippen LogP) is 0.200. The van der Waals surface area contributed by atoms with Gasteiger partial charge in [-0.25, -0.2) is 8.42 Å². The lowest BCUT2D eigenvalue weighted by Gasteiger charge is -2.44. The van der Waals surface area contributed by atoms with Gasteiger partial charge in [0, 0.05) is 45.7 Å². The van der Waals surface area contributed by atoms with Gasteiger partial charge in [-0.05, 0) is 13.0 Å². The van der Waals surface area contributed by atoms with Crippen molar-refractivity contribution in [2.45, 2.75) is 31.1 Å². The van der Waals surface area contributed by atoms with Gasteiger partial charge in [-0.1, -0.05) is 0 Å². The van der Waals surface area contributed by atoms with Gasteiger partial charge in [0.15, 0.2) is 9.84 Å². The number of hydrogen-bond acceptors (Lipinski definition) is 5. The summed E-state index contributed by atoms with van der Waals surface area (Å²) >= 11 is 0. The van der Waals surface area contributed by atoms with E-state index in [1.807, 2.05) is 9.80 Å². The Morgan fingerprint density at radius 1 is 1.12 bits per heavy atom. The molecule has 0 unspecified atom stereocenters. The first-order valence-corrected chi connectivity index (χ1v) is 9.76. The molecular weight excluding hydrogens is 347 g/mol. The first kappa shape index (κ1) is 19.5. The van der Waals surface area contributed by atoms with E-state index in [1.165, 1.54) is 4.90 Å². The number of sulfone groups is 1. The number of carbonyl (C=O) groups is 1. The molecule has 1 amide bonds. The second kappa shape index (κ2) is 7.17. The van der Waals surface area contributed by atoms with E-state index in [9.17, 15) is 26.4 Å². The number of alkyl halides is 3. The van der Waals surface area contributed by atoms with E-state index in [2.05, 4.69) is 0 Å².